The van der Waals surface area contributed by atoms with Crippen molar-refractivity contribution in [3.63, 3.8) is 0 Å². The zero-order valence-electron chi connectivity index (χ0n) is 12.4. The Balaban J connectivity index is 1.99. The van der Waals surface area contributed by atoms with Crippen LogP contribution in [-0.2, 0) is 6.54 Å². The van der Waals surface area contributed by atoms with Crippen molar-refractivity contribution in [3.8, 4) is 0 Å². The first-order chi connectivity index (χ1) is 9.63. The van der Waals surface area contributed by atoms with E-state index in [2.05, 4.69) is 23.6 Å². The normalized spacial score (nSPS) is 21.0. The van der Waals surface area contributed by atoms with Gasteiger partial charge in [-0.15, -0.1) is 0 Å². The molecule has 4 heteroatoms. The largest absolute Gasteiger partial charge is 0.478 e. The maximum absolute atomic E-state index is 10.9. The Hall–Kier alpha value is -1.39. The molecule has 0 aliphatic carbocycles. The third kappa shape index (κ3) is 3.58. The lowest BCUT2D eigenvalue weighted by atomic mass is 10.1. The summed E-state index contributed by atoms with van der Waals surface area (Å²) in [5.41, 5.74) is 1.55. The van der Waals surface area contributed by atoms with Gasteiger partial charge < -0.3 is 10.0 Å². The molecule has 1 aliphatic rings. The van der Waals surface area contributed by atoms with Gasteiger partial charge in [-0.1, -0.05) is 26.0 Å². The average Bonchev–Trinajstić information content (AvgIpc) is 2.48. The Morgan fingerprint density at radius 2 is 1.95 bits per heavy atom. The molecule has 0 aromatic heterocycles. The molecule has 1 aliphatic heterocycles. The summed E-state index contributed by atoms with van der Waals surface area (Å²) < 4.78 is 0. The molecule has 1 N–H and O–H groups in total. The fourth-order valence-electron chi connectivity index (χ4n) is 2.83. The number of hydrogen-bond donors (Lipinski definition) is 1. The second kappa shape index (κ2) is 6.86. The van der Waals surface area contributed by atoms with Gasteiger partial charge in [-0.2, -0.15) is 0 Å². The van der Waals surface area contributed by atoms with Gasteiger partial charge in [0, 0.05) is 32.2 Å². The summed E-state index contributed by atoms with van der Waals surface area (Å²) in [6, 6.07) is 7.86. The van der Waals surface area contributed by atoms with Gasteiger partial charge in [0.2, 0.25) is 0 Å². The molecule has 1 aromatic carbocycles. The highest BCUT2D eigenvalue weighted by molar-refractivity contribution is 5.87. The highest BCUT2D eigenvalue weighted by Gasteiger charge is 2.24. The quantitative estimate of drug-likeness (QED) is 0.896. The van der Waals surface area contributed by atoms with Crippen molar-refractivity contribution in [1.82, 2.24) is 9.80 Å². The van der Waals surface area contributed by atoms with Crippen LogP contribution >= 0.6 is 0 Å². The molecule has 110 valence electrons. The Morgan fingerprint density at radius 3 is 2.50 bits per heavy atom. The number of aromatic carboxylic acids is 1. The maximum atomic E-state index is 10.9. The van der Waals surface area contributed by atoms with Crippen molar-refractivity contribution >= 4 is 5.97 Å². The van der Waals surface area contributed by atoms with Crippen molar-refractivity contribution in [3.05, 3.63) is 35.4 Å². The Labute approximate surface area is 121 Å². The van der Waals surface area contributed by atoms with E-state index in [0.29, 0.717) is 11.6 Å². The van der Waals surface area contributed by atoms with E-state index in [9.17, 15) is 4.79 Å². The minimum Gasteiger partial charge on any atom is -0.478 e. The van der Waals surface area contributed by atoms with E-state index in [1.165, 1.54) is 5.56 Å². The Bertz CT molecular complexity index is 444. The van der Waals surface area contributed by atoms with Crippen molar-refractivity contribution in [2.45, 2.75) is 32.9 Å². The second-order valence-corrected chi connectivity index (χ2v) is 5.43. The summed E-state index contributed by atoms with van der Waals surface area (Å²) >= 11 is 0. The van der Waals surface area contributed by atoms with Crippen LogP contribution in [0.3, 0.4) is 0 Å². The van der Waals surface area contributed by atoms with Crippen LogP contribution in [0.4, 0.5) is 0 Å². The van der Waals surface area contributed by atoms with Crippen molar-refractivity contribution in [2.75, 3.05) is 26.2 Å². The number of carbonyl (C=O) groups is 1. The summed E-state index contributed by atoms with van der Waals surface area (Å²) in [6.07, 6.45) is 1.16. The molecule has 0 amide bonds. The van der Waals surface area contributed by atoms with E-state index in [1.54, 1.807) is 12.1 Å². The first-order valence-corrected chi connectivity index (χ1v) is 7.42. The zero-order valence-corrected chi connectivity index (χ0v) is 12.4. The lowest BCUT2D eigenvalue weighted by molar-refractivity contribution is 0.0689. The first kappa shape index (κ1) is 15.0. The van der Waals surface area contributed by atoms with Crippen molar-refractivity contribution in [1.29, 1.82) is 0 Å². The molecular weight excluding hydrogens is 252 g/mol. The van der Waals surface area contributed by atoms with Crippen LogP contribution in [0.15, 0.2) is 24.3 Å². The van der Waals surface area contributed by atoms with E-state index in [-0.39, 0.29) is 0 Å². The van der Waals surface area contributed by atoms with Crippen LogP contribution in [0.5, 0.6) is 0 Å². The topological polar surface area (TPSA) is 43.8 Å². The van der Waals surface area contributed by atoms with Gasteiger partial charge >= 0.3 is 5.97 Å². The second-order valence-electron chi connectivity index (χ2n) is 5.43. The molecule has 1 fully saturated rings. The predicted molar refractivity (Wildman–Crippen MR) is 80.0 cm³/mol. The monoisotopic (exact) mass is 276 g/mol. The molecule has 0 spiro atoms. The van der Waals surface area contributed by atoms with Crippen LogP contribution < -0.4 is 0 Å². The van der Waals surface area contributed by atoms with Gasteiger partial charge in [0.05, 0.1) is 5.56 Å². The van der Waals surface area contributed by atoms with Crippen LogP contribution in [0.2, 0.25) is 0 Å². The number of likely N-dealkylation sites (N-methyl/N-ethyl adjacent to an activating group) is 1. The summed E-state index contributed by atoms with van der Waals surface area (Å²) in [7, 11) is 0. The van der Waals surface area contributed by atoms with Crippen molar-refractivity contribution < 1.29 is 9.90 Å². The molecule has 0 bridgehead atoms. The minimum atomic E-state index is -0.862. The lowest BCUT2D eigenvalue weighted by Gasteiger charge is -2.41. The molecule has 0 saturated carbocycles. The standard InChI is InChI=1S/C16H24N2O2/c1-3-15-12-17(4-2)9-10-18(15)11-13-5-7-14(8-6-13)16(19)20/h5-8,15H,3-4,9-12H2,1-2H3,(H,19,20). The molecule has 1 heterocycles. The van der Waals surface area contributed by atoms with Gasteiger partial charge in [-0.25, -0.2) is 4.79 Å². The highest BCUT2D eigenvalue weighted by atomic mass is 16.4. The van der Waals surface area contributed by atoms with Gasteiger partial charge in [0.25, 0.3) is 0 Å². The van der Waals surface area contributed by atoms with Crippen LogP contribution in [-0.4, -0.2) is 53.1 Å². The Morgan fingerprint density at radius 1 is 1.25 bits per heavy atom. The zero-order chi connectivity index (χ0) is 14.5. The molecule has 1 aromatic rings. The molecule has 4 nitrogen and oxygen atoms in total. The summed E-state index contributed by atoms with van der Waals surface area (Å²) in [5.74, 6) is -0.862. The molecule has 1 saturated heterocycles. The Kier molecular flexibility index (Phi) is 5.15. The number of carboxylic acid groups (broad SMARTS) is 1. The first-order valence-electron chi connectivity index (χ1n) is 7.42. The van der Waals surface area contributed by atoms with Crippen LogP contribution in [0, 0.1) is 0 Å². The number of piperazine rings is 1. The van der Waals surface area contributed by atoms with Crippen LogP contribution in [0.25, 0.3) is 0 Å². The molecule has 1 unspecified atom stereocenters. The van der Waals surface area contributed by atoms with Gasteiger partial charge in [0.15, 0.2) is 0 Å². The smallest absolute Gasteiger partial charge is 0.335 e. The summed E-state index contributed by atoms with van der Waals surface area (Å²) in [5, 5.41) is 8.92. The van der Waals surface area contributed by atoms with E-state index in [1.807, 2.05) is 12.1 Å². The SMILES string of the molecule is CCC1CN(CC)CCN1Cc1ccc(C(=O)O)cc1. The fourth-order valence-corrected chi connectivity index (χ4v) is 2.83. The average molecular weight is 276 g/mol. The molecule has 20 heavy (non-hydrogen) atoms. The highest BCUT2D eigenvalue weighted by Crippen LogP contribution is 2.16. The third-order valence-electron chi connectivity index (χ3n) is 4.19. The molecule has 1 atom stereocenters. The van der Waals surface area contributed by atoms with Crippen LogP contribution in [0.1, 0.15) is 36.2 Å². The molecule has 0 radical (unpaired) electrons. The van der Waals surface area contributed by atoms with Gasteiger partial charge in [0.1, 0.15) is 0 Å². The lowest BCUT2D eigenvalue weighted by Crippen LogP contribution is -2.52. The van der Waals surface area contributed by atoms with E-state index in [4.69, 9.17) is 5.11 Å². The van der Waals surface area contributed by atoms with Gasteiger partial charge in [-0.3, -0.25) is 4.90 Å². The third-order valence-corrected chi connectivity index (χ3v) is 4.19. The van der Waals surface area contributed by atoms with E-state index in [0.717, 1.165) is 39.1 Å². The summed E-state index contributed by atoms with van der Waals surface area (Å²) in [6.45, 7) is 9.85. The van der Waals surface area contributed by atoms with E-state index >= 15 is 0 Å². The van der Waals surface area contributed by atoms with Crippen molar-refractivity contribution in [2.24, 2.45) is 0 Å². The number of nitrogens with zero attached hydrogens (tertiary/aromatic N) is 2. The van der Waals surface area contributed by atoms with Gasteiger partial charge in [-0.05, 0) is 30.7 Å². The summed E-state index contributed by atoms with van der Waals surface area (Å²) in [4.78, 5) is 15.9. The molecule has 2 rings (SSSR count). The van der Waals surface area contributed by atoms with E-state index < -0.39 is 5.97 Å². The number of carboxylic acids is 1. The number of hydrogen-bond acceptors (Lipinski definition) is 3. The number of benzene rings is 1. The predicted octanol–water partition coefficient (Wildman–Crippen LogP) is 2.30. The minimum absolute atomic E-state index is 0.358. The maximum Gasteiger partial charge on any atom is 0.335 e. The number of rotatable bonds is 5. The molecular formula is C16H24N2O2. The fraction of sp³-hybridized carbons (Fsp3) is 0.562.